The molecular weight excluding hydrogens is 280 g/mol. The van der Waals surface area contributed by atoms with Gasteiger partial charge in [0.05, 0.1) is 11.1 Å². The fraction of sp³-hybridized carbons (Fsp3) is 0.250. The summed E-state index contributed by atoms with van der Waals surface area (Å²) in [5.41, 5.74) is 2.71. The van der Waals surface area contributed by atoms with Crippen LogP contribution in [-0.4, -0.2) is 34.9 Å². The molecule has 0 saturated heterocycles. The third kappa shape index (κ3) is 4.37. The van der Waals surface area contributed by atoms with E-state index in [2.05, 4.69) is 20.6 Å². The average Bonchev–Trinajstić information content (AvgIpc) is 2.52. The zero-order valence-electron chi connectivity index (χ0n) is 12.6. The van der Waals surface area contributed by atoms with Crippen LogP contribution < -0.4 is 10.6 Å². The van der Waals surface area contributed by atoms with Crippen molar-refractivity contribution in [1.29, 1.82) is 0 Å². The Morgan fingerprint density at radius 1 is 0.818 bits per heavy atom. The number of hydrogen-bond donors (Lipinski definition) is 2. The molecule has 2 aromatic heterocycles. The van der Waals surface area contributed by atoms with Crippen LogP contribution in [0, 0.1) is 13.8 Å². The van der Waals surface area contributed by atoms with Gasteiger partial charge in [-0.15, -0.1) is 0 Å². The van der Waals surface area contributed by atoms with Gasteiger partial charge >= 0.3 is 0 Å². The molecule has 0 spiro atoms. The monoisotopic (exact) mass is 298 g/mol. The van der Waals surface area contributed by atoms with Gasteiger partial charge in [0.2, 0.25) is 0 Å². The largest absolute Gasteiger partial charge is 0.350 e. The molecule has 2 heterocycles. The van der Waals surface area contributed by atoms with E-state index in [-0.39, 0.29) is 11.8 Å². The van der Waals surface area contributed by atoms with Gasteiger partial charge in [0.15, 0.2) is 0 Å². The lowest BCUT2D eigenvalue weighted by atomic mass is 10.2. The number of aryl methyl sites for hydroxylation is 2. The SMILES string of the molecule is Cc1ccc(C(=O)NCCNC(=O)c2ccc(C)nc2)cn1. The van der Waals surface area contributed by atoms with Crippen molar-refractivity contribution in [1.82, 2.24) is 20.6 Å². The Morgan fingerprint density at radius 2 is 1.23 bits per heavy atom. The Labute approximate surface area is 129 Å². The smallest absolute Gasteiger partial charge is 0.252 e. The van der Waals surface area contributed by atoms with Crippen LogP contribution in [0.25, 0.3) is 0 Å². The Bertz CT molecular complexity index is 591. The molecule has 0 aliphatic rings. The third-order valence-electron chi connectivity index (χ3n) is 3.04. The van der Waals surface area contributed by atoms with Crippen molar-refractivity contribution in [3.8, 4) is 0 Å². The predicted octanol–water partition coefficient (Wildman–Crippen LogP) is 1.25. The molecule has 0 radical (unpaired) electrons. The highest BCUT2D eigenvalue weighted by Crippen LogP contribution is 1.99. The molecular formula is C16H18N4O2. The van der Waals surface area contributed by atoms with Crippen molar-refractivity contribution in [3.63, 3.8) is 0 Å². The summed E-state index contributed by atoms with van der Waals surface area (Å²) in [5, 5.41) is 5.45. The summed E-state index contributed by atoms with van der Waals surface area (Å²) in [6.45, 7) is 4.41. The number of carbonyl (C=O) groups is 2. The minimum absolute atomic E-state index is 0.209. The molecule has 0 fully saturated rings. The molecule has 0 bridgehead atoms. The second-order valence-corrected chi connectivity index (χ2v) is 4.89. The standard InChI is InChI=1S/C16H18N4O2/c1-11-3-5-13(9-19-11)15(21)17-7-8-18-16(22)14-6-4-12(2)20-10-14/h3-6,9-10H,7-8H2,1-2H3,(H,17,21)(H,18,22). The van der Waals surface area contributed by atoms with Crippen molar-refractivity contribution in [2.75, 3.05) is 13.1 Å². The summed E-state index contributed by atoms with van der Waals surface area (Å²) >= 11 is 0. The molecule has 2 aromatic rings. The van der Waals surface area contributed by atoms with Crippen molar-refractivity contribution >= 4 is 11.8 Å². The van der Waals surface area contributed by atoms with Gasteiger partial charge in [-0.1, -0.05) is 0 Å². The van der Waals surface area contributed by atoms with Crippen LogP contribution >= 0.6 is 0 Å². The predicted molar refractivity (Wildman–Crippen MR) is 82.6 cm³/mol. The number of pyridine rings is 2. The lowest BCUT2D eigenvalue weighted by Gasteiger charge is -2.07. The zero-order chi connectivity index (χ0) is 15.9. The maximum Gasteiger partial charge on any atom is 0.252 e. The lowest BCUT2D eigenvalue weighted by Crippen LogP contribution is -2.34. The second kappa shape index (κ2) is 7.31. The van der Waals surface area contributed by atoms with E-state index in [4.69, 9.17) is 0 Å². The molecule has 22 heavy (non-hydrogen) atoms. The van der Waals surface area contributed by atoms with Gasteiger partial charge in [0.1, 0.15) is 0 Å². The third-order valence-corrected chi connectivity index (χ3v) is 3.04. The van der Waals surface area contributed by atoms with Crippen molar-refractivity contribution in [3.05, 3.63) is 59.2 Å². The summed E-state index contributed by atoms with van der Waals surface area (Å²) in [6, 6.07) is 6.99. The maximum absolute atomic E-state index is 11.8. The Hall–Kier alpha value is -2.76. The number of nitrogens with one attached hydrogen (secondary N) is 2. The Morgan fingerprint density at radius 3 is 1.55 bits per heavy atom. The molecule has 0 saturated carbocycles. The molecule has 0 atom stereocenters. The van der Waals surface area contributed by atoms with Gasteiger partial charge in [0, 0.05) is 36.9 Å². The van der Waals surface area contributed by atoms with E-state index in [0.29, 0.717) is 24.2 Å². The maximum atomic E-state index is 11.8. The minimum Gasteiger partial charge on any atom is -0.350 e. The highest BCUT2D eigenvalue weighted by Gasteiger charge is 2.07. The topological polar surface area (TPSA) is 84.0 Å². The molecule has 2 rings (SSSR count). The van der Waals surface area contributed by atoms with Crippen LogP contribution in [0.1, 0.15) is 32.1 Å². The first-order valence-corrected chi connectivity index (χ1v) is 6.98. The molecule has 2 amide bonds. The summed E-state index contributed by atoms with van der Waals surface area (Å²) in [6.07, 6.45) is 3.06. The van der Waals surface area contributed by atoms with E-state index in [0.717, 1.165) is 11.4 Å². The molecule has 2 N–H and O–H groups in total. The number of hydrogen-bond acceptors (Lipinski definition) is 4. The molecule has 114 valence electrons. The average molecular weight is 298 g/mol. The molecule has 0 aromatic carbocycles. The lowest BCUT2D eigenvalue weighted by molar-refractivity contribution is 0.0927. The molecule has 0 unspecified atom stereocenters. The fourth-order valence-electron chi connectivity index (χ4n) is 1.76. The summed E-state index contributed by atoms with van der Waals surface area (Å²) < 4.78 is 0. The normalized spacial score (nSPS) is 10.1. The van der Waals surface area contributed by atoms with Crippen LogP contribution in [-0.2, 0) is 0 Å². The van der Waals surface area contributed by atoms with Crippen LogP contribution in [0.4, 0.5) is 0 Å². The van der Waals surface area contributed by atoms with E-state index in [9.17, 15) is 9.59 Å². The van der Waals surface area contributed by atoms with Gasteiger partial charge in [-0.05, 0) is 38.1 Å². The van der Waals surface area contributed by atoms with Gasteiger partial charge in [0.25, 0.3) is 11.8 Å². The summed E-state index contributed by atoms with van der Waals surface area (Å²) in [4.78, 5) is 31.8. The Balaban J connectivity index is 1.74. The highest BCUT2D eigenvalue weighted by atomic mass is 16.2. The fourth-order valence-corrected chi connectivity index (χ4v) is 1.76. The Kier molecular flexibility index (Phi) is 5.19. The first kappa shape index (κ1) is 15.6. The number of nitrogens with zero attached hydrogens (tertiary/aromatic N) is 2. The quantitative estimate of drug-likeness (QED) is 0.814. The molecule has 6 nitrogen and oxygen atoms in total. The highest BCUT2D eigenvalue weighted by molar-refractivity contribution is 5.94. The van der Waals surface area contributed by atoms with Crippen LogP contribution in [0.3, 0.4) is 0 Å². The van der Waals surface area contributed by atoms with Crippen molar-refractivity contribution < 1.29 is 9.59 Å². The van der Waals surface area contributed by atoms with Gasteiger partial charge in [-0.2, -0.15) is 0 Å². The first-order chi connectivity index (χ1) is 10.6. The van der Waals surface area contributed by atoms with Gasteiger partial charge < -0.3 is 10.6 Å². The summed E-state index contributed by atoms with van der Waals surface area (Å²) in [5.74, 6) is -0.419. The van der Waals surface area contributed by atoms with E-state index in [1.165, 1.54) is 12.4 Å². The molecule has 0 aliphatic heterocycles. The van der Waals surface area contributed by atoms with E-state index < -0.39 is 0 Å². The molecule has 6 heteroatoms. The summed E-state index contributed by atoms with van der Waals surface area (Å²) in [7, 11) is 0. The van der Waals surface area contributed by atoms with E-state index in [1.54, 1.807) is 24.3 Å². The number of carbonyl (C=O) groups excluding carboxylic acids is 2. The van der Waals surface area contributed by atoms with Crippen LogP contribution in [0.2, 0.25) is 0 Å². The van der Waals surface area contributed by atoms with Gasteiger partial charge in [-0.25, -0.2) is 0 Å². The van der Waals surface area contributed by atoms with Gasteiger partial charge in [-0.3, -0.25) is 19.6 Å². The zero-order valence-corrected chi connectivity index (χ0v) is 12.6. The van der Waals surface area contributed by atoms with E-state index in [1.807, 2.05) is 13.8 Å². The number of aromatic nitrogens is 2. The molecule has 0 aliphatic carbocycles. The van der Waals surface area contributed by atoms with Crippen LogP contribution in [0.15, 0.2) is 36.7 Å². The second-order valence-electron chi connectivity index (χ2n) is 4.89. The first-order valence-electron chi connectivity index (χ1n) is 6.98. The van der Waals surface area contributed by atoms with Crippen molar-refractivity contribution in [2.24, 2.45) is 0 Å². The van der Waals surface area contributed by atoms with Crippen molar-refractivity contribution in [2.45, 2.75) is 13.8 Å². The minimum atomic E-state index is -0.209. The number of rotatable bonds is 5. The van der Waals surface area contributed by atoms with E-state index >= 15 is 0 Å². The number of amides is 2. The van der Waals surface area contributed by atoms with Crippen LogP contribution in [0.5, 0.6) is 0 Å².